The summed E-state index contributed by atoms with van der Waals surface area (Å²) in [6.45, 7) is 15.6. The Morgan fingerprint density at radius 1 is 1.21 bits per heavy atom. The zero-order valence-corrected chi connectivity index (χ0v) is 24.3. The normalized spacial score (nSPS) is 14.4. The van der Waals surface area contributed by atoms with E-state index in [0.29, 0.717) is 24.6 Å². The zero-order chi connectivity index (χ0) is 27.5. The van der Waals surface area contributed by atoms with Gasteiger partial charge in [-0.2, -0.15) is 0 Å². The van der Waals surface area contributed by atoms with E-state index in [1.807, 2.05) is 43.3 Å². The van der Waals surface area contributed by atoms with Crippen LogP contribution >= 0.6 is 11.6 Å². The van der Waals surface area contributed by atoms with Crippen molar-refractivity contribution < 1.29 is 9.53 Å². The van der Waals surface area contributed by atoms with E-state index >= 15 is 0 Å². The molecule has 0 heterocycles. The molecule has 2 aromatic rings. The van der Waals surface area contributed by atoms with Crippen LogP contribution in [-0.2, 0) is 4.74 Å². The number of nitrogens with one attached hydrogen (secondary N) is 1. The molecule has 0 saturated heterocycles. The third-order valence-electron chi connectivity index (χ3n) is 7.37. The van der Waals surface area contributed by atoms with Crippen LogP contribution in [0.1, 0.15) is 73.4 Å². The number of ether oxygens (including phenoxy) is 1. The first-order chi connectivity index (χ1) is 18.3. The first kappa shape index (κ1) is 30.0. The molecule has 3 rings (SSSR count). The van der Waals surface area contributed by atoms with Crippen LogP contribution < -0.4 is 15.8 Å². The number of hydrogen-bond acceptors (Lipinski definition) is 3. The van der Waals surface area contributed by atoms with E-state index in [-0.39, 0.29) is 5.91 Å². The van der Waals surface area contributed by atoms with Crippen LogP contribution in [0.5, 0.6) is 0 Å². The molecule has 1 amide bonds. The number of allylic oxidation sites excluding steroid dienone is 1. The van der Waals surface area contributed by atoms with Crippen LogP contribution in [0.4, 0.5) is 0 Å². The summed E-state index contributed by atoms with van der Waals surface area (Å²) in [6.07, 6.45) is 10.3. The predicted octanol–water partition coefficient (Wildman–Crippen LogP) is 6.18. The van der Waals surface area contributed by atoms with E-state index in [2.05, 4.69) is 43.5 Å². The Balaban J connectivity index is 1.56. The molecule has 1 aliphatic rings. The average molecular weight is 537 g/mol. The van der Waals surface area contributed by atoms with Crippen molar-refractivity contribution in [1.82, 2.24) is 10.2 Å². The van der Waals surface area contributed by atoms with Crippen molar-refractivity contribution in [1.29, 1.82) is 0 Å². The molecule has 4 nitrogen and oxygen atoms in total. The predicted molar refractivity (Wildman–Crippen MR) is 162 cm³/mol. The largest absolute Gasteiger partial charge is 0.380 e. The third kappa shape index (κ3) is 9.63. The third-order valence-corrected chi connectivity index (χ3v) is 7.62. The van der Waals surface area contributed by atoms with Crippen LogP contribution in [0.25, 0.3) is 18.4 Å². The van der Waals surface area contributed by atoms with Crippen molar-refractivity contribution in [2.75, 3.05) is 33.4 Å². The van der Waals surface area contributed by atoms with Crippen LogP contribution in [0.3, 0.4) is 0 Å². The van der Waals surface area contributed by atoms with Crippen molar-refractivity contribution in [2.24, 2.45) is 11.8 Å². The maximum atomic E-state index is 12.9. The molecule has 1 fully saturated rings. The highest BCUT2D eigenvalue weighted by Crippen LogP contribution is 2.28. The molecular weight excluding hydrogens is 492 g/mol. The van der Waals surface area contributed by atoms with Crippen molar-refractivity contribution in [2.45, 2.75) is 58.8 Å². The summed E-state index contributed by atoms with van der Waals surface area (Å²) in [4.78, 5) is 15.1. The number of carbonyl (C=O) groups excluding carboxylic acids is 1. The van der Waals surface area contributed by atoms with Gasteiger partial charge in [0.25, 0.3) is 5.91 Å². The number of carbonyl (C=O) groups is 1. The first-order valence-electron chi connectivity index (χ1n) is 14.1. The lowest BCUT2D eigenvalue weighted by atomic mass is 9.93. The average Bonchev–Trinajstić information content (AvgIpc) is 3.71. The van der Waals surface area contributed by atoms with Crippen LogP contribution in [0, 0.1) is 18.8 Å². The zero-order valence-electron chi connectivity index (χ0n) is 23.5. The smallest absolute Gasteiger partial charge is 0.251 e. The fourth-order valence-electron chi connectivity index (χ4n) is 4.93. The molecule has 5 heteroatoms. The van der Waals surface area contributed by atoms with Crippen molar-refractivity contribution in [3.05, 3.63) is 75.1 Å². The number of benzene rings is 2. The Labute approximate surface area is 234 Å². The van der Waals surface area contributed by atoms with Gasteiger partial charge in [0, 0.05) is 48.7 Å². The maximum absolute atomic E-state index is 12.9. The summed E-state index contributed by atoms with van der Waals surface area (Å²) in [6, 6.07) is 11.8. The van der Waals surface area contributed by atoms with Gasteiger partial charge in [0.15, 0.2) is 0 Å². The fourth-order valence-corrected chi connectivity index (χ4v) is 5.05. The molecule has 1 N–H and O–H groups in total. The van der Waals surface area contributed by atoms with Crippen molar-refractivity contribution >= 4 is 35.9 Å². The van der Waals surface area contributed by atoms with Crippen LogP contribution in [-0.4, -0.2) is 44.2 Å². The fraction of sp³-hybridized carbons (Fsp3) is 0.485. The molecule has 206 valence electrons. The minimum atomic E-state index is -0.0559. The molecule has 1 saturated carbocycles. The maximum Gasteiger partial charge on any atom is 0.251 e. The van der Waals surface area contributed by atoms with E-state index in [1.165, 1.54) is 30.4 Å². The second kappa shape index (κ2) is 15.1. The van der Waals surface area contributed by atoms with Gasteiger partial charge in [-0.3, -0.25) is 4.79 Å². The van der Waals surface area contributed by atoms with Gasteiger partial charge in [0.2, 0.25) is 0 Å². The monoisotopic (exact) mass is 536 g/mol. The molecule has 0 bridgehead atoms. The highest BCUT2D eigenvalue weighted by atomic mass is 35.5. The lowest BCUT2D eigenvalue weighted by molar-refractivity contribution is 0.0906. The lowest BCUT2D eigenvalue weighted by Gasteiger charge is -2.23. The van der Waals surface area contributed by atoms with E-state index < -0.39 is 0 Å². The summed E-state index contributed by atoms with van der Waals surface area (Å²) < 4.78 is 5.65. The van der Waals surface area contributed by atoms with Gasteiger partial charge in [-0.1, -0.05) is 56.3 Å². The van der Waals surface area contributed by atoms with Gasteiger partial charge in [-0.05, 0) is 97.4 Å². The van der Waals surface area contributed by atoms with Crippen molar-refractivity contribution in [3.8, 4) is 0 Å². The SMILES string of the molecule is C=C(CCCC(CCC)CN(C)/C=c1/c(C)c(C(=O)NCCOCC2CC2)ccc1=C)c1ccc(Cl)cc1. The Hall–Kier alpha value is -2.56. The summed E-state index contributed by atoms with van der Waals surface area (Å²) >= 11 is 6.02. The van der Waals surface area contributed by atoms with E-state index in [0.717, 1.165) is 65.8 Å². The lowest BCUT2D eigenvalue weighted by Crippen LogP contribution is -2.35. The molecular formula is C33H45ClN2O2. The van der Waals surface area contributed by atoms with Gasteiger partial charge >= 0.3 is 0 Å². The summed E-state index contributed by atoms with van der Waals surface area (Å²) in [5, 5.41) is 5.72. The highest BCUT2D eigenvalue weighted by molar-refractivity contribution is 6.30. The molecule has 0 aliphatic heterocycles. The van der Waals surface area contributed by atoms with Crippen LogP contribution in [0.2, 0.25) is 5.02 Å². The Bertz CT molecular complexity index is 1170. The summed E-state index contributed by atoms with van der Waals surface area (Å²) in [7, 11) is 2.12. The van der Waals surface area contributed by atoms with Crippen LogP contribution in [0.15, 0.2) is 43.0 Å². The van der Waals surface area contributed by atoms with Crippen molar-refractivity contribution in [3.63, 3.8) is 0 Å². The number of halogens is 1. The van der Waals surface area contributed by atoms with E-state index in [1.54, 1.807) is 0 Å². The molecule has 1 unspecified atom stereocenters. The molecule has 1 aliphatic carbocycles. The minimum Gasteiger partial charge on any atom is -0.380 e. The van der Waals surface area contributed by atoms with Gasteiger partial charge in [-0.25, -0.2) is 0 Å². The van der Waals surface area contributed by atoms with E-state index in [4.69, 9.17) is 16.3 Å². The molecule has 0 spiro atoms. The Morgan fingerprint density at radius 2 is 1.95 bits per heavy atom. The quantitative estimate of drug-likeness (QED) is 0.260. The number of hydrogen-bond donors (Lipinski definition) is 1. The highest BCUT2D eigenvalue weighted by Gasteiger charge is 2.21. The summed E-state index contributed by atoms with van der Waals surface area (Å²) in [5.74, 6) is 1.27. The molecule has 0 radical (unpaired) electrons. The first-order valence-corrected chi connectivity index (χ1v) is 14.5. The Morgan fingerprint density at radius 3 is 2.63 bits per heavy atom. The van der Waals surface area contributed by atoms with Gasteiger partial charge in [0.05, 0.1) is 6.61 Å². The van der Waals surface area contributed by atoms with Gasteiger partial charge in [-0.15, -0.1) is 0 Å². The second-order valence-electron chi connectivity index (χ2n) is 10.8. The summed E-state index contributed by atoms with van der Waals surface area (Å²) in [5.41, 5.74) is 4.00. The molecule has 1 atom stereocenters. The molecule has 2 aromatic carbocycles. The minimum absolute atomic E-state index is 0.0559. The number of nitrogens with zero attached hydrogens (tertiary/aromatic N) is 1. The van der Waals surface area contributed by atoms with Gasteiger partial charge < -0.3 is 15.0 Å². The number of amides is 1. The van der Waals surface area contributed by atoms with E-state index in [9.17, 15) is 4.79 Å². The second-order valence-corrected chi connectivity index (χ2v) is 11.2. The van der Waals surface area contributed by atoms with Gasteiger partial charge in [0.1, 0.15) is 0 Å². The number of rotatable bonds is 16. The molecule has 0 aromatic heterocycles. The topological polar surface area (TPSA) is 41.6 Å². The molecule has 38 heavy (non-hydrogen) atoms. The standard InChI is InChI=1S/C33H45ClN2O2/c1-6-8-27(10-7-9-24(2)29-14-16-30(34)17-15-29)21-36(5)22-32-25(3)11-18-31(26(32)4)33(37)35-19-20-38-23-28-12-13-28/h11,14-18,22,27-28H,2-3,6-10,12-13,19-21,23H2,1,4-5H3,(H,35,37)/b32-22+. The Kier molecular flexibility index (Phi) is 11.9.